The van der Waals surface area contributed by atoms with Crippen LogP contribution in [0.5, 0.6) is 0 Å². The van der Waals surface area contributed by atoms with Gasteiger partial charge in [-0.15, -0.1) is 0 Å². The topological polar surface area (TPSA) is 25.2 Å². The Hall–Kier alpha value is -2.22. The second kappa shape index (κ2) is 4.89. The molecule has 2 aromatic carbocycles. The van der Waals surface area contributed by atoms with Gasteiger partial charge in [0.1, 0.15) is 5.76 Å². The zero-order valence-corrected chi connectivity index (χ0v) is 14.3. The minimum absolute atomic E-state index is 0.0143. The van der Waals surface area contributed by atoms with Crippen LogP contribution >= 0.6 is 0 Å². The summed E-state index contributed by atoms with van der Waals surface area (Å²) >= 11 is 0. The standard InChI is InChI=1S/C21H23NO/c1-5-8-16-18-14-11-6-9-13-10-7-12-15(17(13)14)19(18)23-20(16)22-21(2,3)4/h6-7,9-12,22H,5,8H2,1-4H3. The first-order valence-corrected chi connectivity index (χ1v) is 8.46. The molecule has 0 radical (unpaired) electrons. The average molecular weight is 305 g/mol. The SMILES string of the molecule is CCCc1c(NC(C)(C)C)oc2c1-c1cccc3cccc-2c13. The van der Waals surface area contributed by atoms with Crippen molar-refractivity contribution >= 4 is 16.7 Å². The number of nitrogens with one attached hydrogen (secondary N) is 1. The Balaban J connectivity index is 1.99. The third kappa shape index (κ3) is 2.16. The monoisotopic (exact) mass is 305 g/mol. The molecule has 0 aliphatic heterocycles. The van der Waals surface area contributed by atoms with Gasteiger partial charge in [0.05, 0.1) is 0 Å². The van der Waals surface area contributed by atoms with Gasteiger partial charge in [0.2, 0.25) is 0 Å². The molecule has 0 saturated carbocycles. The summed E-state index contributed by atoms with van der Waals surface area (Å²) in [5.74, 6) is 1.97. The van der Waals surface area contributed by atoms with Crippen molar-refractivity contribution < 1.29 is 4.42 Å². The zero-order valence-electron chi connectivity index (χ0n) is 14.3. The van der Waals surface area contributed by atoms with E-state index in [-0.39, 0.29) is 5.54 Å². The first-order chi connectivity index (χ1) is 11.0. The van der Waals surface area contributed by atoms with Crippen LogP contribution in [0.25, 0.3) is 33.2 Å². The van der Waals surface area contributed by atoms with Gasteiger partial charge in [0, 0.05) is 27.6 Å². The summed E-state index contributed by atoms with van der Waals surface area (Å²) in [7, 11) is 0. The van der Waals surface area contributed by atoms with Crippen molar-refractivity contribution in [2.24, 2.45) is 0 Å². The lowest BCUT2D eigenvalue weighted by molar-refractivity contribution is 0.545. The van der Waals surface area contributed by atoms with Gasteiger partial charge in [-0.2, -0.15) is 0 Å². The molecule has 2 nitrogen and oxygen atoms in total. The fourth-order valence-electron chi connectivity index (χ4n) is 3.61. The normalized spacial score (nSPS) is 12.7. The molecule has 0 spiro atoms. The summed E-state index contributed by atoms with van der Waals surface area (Å²) in [6.07, 6.45) is 2.14. The molecule has 2 heteroatoms. The van der Waals surface area contributed by atoms with Crippen LogP contribution in [0.1, 0.15) is 39.7 Å². The van der Waals surface area contributed by atoms with E-state index in [2.05, 4.69) is 69.4 Å². The van der Waals surface area contributed by atoms with Crippen LogP contribution in [0.2, 0.25) is 0 Å². The van der Waals surface area contributed by atoms with Crippen LogP contribution < -0.4 is 5.32 Å². The Labute approximate surface area is 137 Å². The van der Waals surface area contributed by atoms with Gasteiger partial charge in [0.25, 0.3) is 0 Å². The minimum Gasteiger partial charge on any atom is -0.440 e. The molecule has 1 aliphatic carbocycles. The van der Waals surface area contributed by atoms with Gasteiger partial charge in [0.15, 0.2) is 5.88 Å². The van der Waals surface area contributed by atoms with Gasteiger partial charge in [-0.1, -0.05) is 49.7 Å². The molecule has 4 rings (SSSR count). The van der Waals surface area contributed by atoms with Gasteiger partial charge in [-0.25, -0.2) is 0 Å². The number of fused-ring (bicyclic) bond motifs is 3. The highest BCUT2D eigenvalue weighted by molar-refractivity contribution is 6.15. The number of rotatable bonds is 3. The van der Waals surface area contributed by atoms with E-state index in [1.54, 1.807) is 0 Å². The van der Waals surface area contributed by atoms with E-state index < -0.39 is 0 Å². The Bertz CT molecular complexity index is 891. The van der Waals surface area contributed by atoms with Crippen LogP contribution in [0.15, 0.2) is 40.8 Å². The molecule has 0 bridgehead atoms. The number of furan rings is 1. The predicted molar refractivity (Wildman–Crippen MR) is 98.0 cm³/mol. The lowest BCUT2D eigenvalue weighted by Crippen LogP contribution is -2.26. The fourth-order valence-corrected chi connectivity index (χ4v) is 3.61. The maximum absolute atomic E-state index is 6.35. The smallest absolute Gasteiger partial charge is 0.197 e. The van der Waals surface area contributed by atoms with E-state index >= 15 is 0 Å². The van der Waals surface area contributed by atoms with Crippen molar-refractivity contribution in [2.75, 3.05) is 5.32 Å². The van der Waals surface area contributed by atoms with E-state index in [9.17, 15) is 0 Å². The van der Waals surface area contributed by atoms with Crippen LogP contribution in [0.3, 0.4) is 0 Å². The molecule has 3 aromatic rings. The highest BCUT2D eigenvalue weighted by Crippen LogP contribution is 2.52. The summed E-state index contributed by atoms with van der Waals surface area (Å²) in [5, 5.41) is 6.19. The van der Waals surface area contributed by atoms with E-state index in [1.807, 2.05) is 0 Å². The number of benzene rings is 2. The van der Waals surface area contributed by atoms with Crippen LogP contribution in [0, 0.1) is 0 Å². The maximum atomic E-state index is 6.35. The molecule has 1 heterocycles. The summed E-state index contributed by atoms with van der Waals surface area (Å²) in [6.45, 7) is 8.74. The van der Waals surface area contributed by atoms with Crippen LogP contribution in [0.4, 0.5) is 5.88 Å². The molecule has 0 atom stereocenters. The minimum atomic E-state index is -0.0143. The molecule has 0 saturated heterocycles. The second-order valence-corrected chi connectivity index (χ2v) is 7.45. The number of anilines is 1. The summed E-state index contributed by atoms with van der Waals surface area (Å²) < 4.78 is 6.35. The fraction of sp³-hybridized carbons (Fsp3) is 0.333. The maximum Gasteiger partial charge on any atom is 0.197 e. The molecule has 23 heavy (non-hydrogen) atoms. The molecule has 1 aliphatic rings. The first-order valence-electron chi connectivity index (χ1n) is 8.46. The highest BCUT2D eigenvalue weighted by atomic mass is 16.4. The molecule has 1 aromatic heterocycles. The van der Waals surface area contributed by atoms with Crippen molar-refractivity contribution in [3.63, 3.8) is 0 Å². The Morgan fingerprint density at radius 2 is 1.70 bits per heavy atom. The molecule has 118 valence electrons. The Morgan fingerprint density at radius 1 is 1.00 bits per heavy atom. The largest absolute Gasteiger partial charge is 0.440 e. The predicted octanol–water partition coefficient (Wildman–Crippen LogP) is 6.24. The highest BCUT2D eigenvalue weighted by Gasteiger charge is 2.31. The quantitative estimate of drug-likeness (QED) is 0.484. The van der Waals surface area contributed by atoms with Gasteiger partial charge in [-0.3, -0.25) is 0 Å². The Kier molecular flexibility index (Phi) is 3.06. The van der Waals surface area contributed by atoms with Gasteiger partial charge >= 0.3 is 0 Å². The average Bonchev–Trinajstić information content (AvgIpc) is 2.97. The molecule has 1 N–H and O–H groups in total. The lowest BCUT2D eigenvalue weighted by atomic mass is 9.99. The summed E-state index contributed by atoms with van der Waals surface area (Å²) in [4.78, 5) is 0. The number of hydrogen-bond donors (Lipinski definition) is 1. The van der Waals surface area contributed by atoms with Crippen molar-refractivity contribution in [2.45, 2.75) is 46.1 Å². The summed E-state index contributed by atoms with van der Waals surface area (Å²) in [6, 6.07) is 13.0. The molecule has 0 fully saturated rings. The zero-order chi connectivity index (χ0) is 16.2. The molecule has 0 amide bonds. The molecular weight excluding hydrogens is 282 g/mol. The molecule has 0 unspecified atom stereocenters. The lowest BCUT2D eigenvalue weighted by Gasteiger charge is -2.21. The third-order valence-electron chi connectivity index (χ3n) is 4.41. The third-order valence-corrected chi connectivity index (χ3v) is 4.41. The van der Waals surface area contributed by atoms with Crippen LogP contribution in [-0.4, -0.2) is 5.54 Å². The van der Waals surface area contributed by atoms with Crippen molar-refractivity contribution in [1.29, 1.82) is 0 Å². The van der Waals surface area contributed by atoms with E-state index in [4.69, 9.17) is 4.42 Å². The van der Waals surface area contributed by atoms with Crippen LogP contribution in [-0.2, 0) is 6.42 Å². The first kappa shape index (κ1) is 14.4. The molecular formula is C21H23NO. The van der Waals surface area contributed by atoms with Gasteiger partial charge in [-0.05, 0) is 38.1 Å². The van der Waals surface area contributed by atoms with Crippen molar-refractivity contribution in [3.8, 4) is 22.5 Å². The van der Waals surface area contributed by atoms with Gasteiger partial charge < -0.3 is 9.73 Å². The second-order valence-electron chi connectivity index (χ2n) is 7.45. The van der Waals surface area contributed by atoms with E-state index in [0.717, 1.165) is 24.5 Å². The van der Waals surface area contributed by atoms with Crippen molar-refractivity contribution in [3.05, 3.63) is 42.0 Å². The summed E-state index contributed by atoms with van der Waals surface area (Å²) in [5.41, 5.74) is 5.15. The van der Waals surface area contributed by atoms with E-state index in [1.165, 1.54) is 33.0 Å². The number of hydrogen-bond acceptors (Lipinski definition) is 2. The van der Waals surface area contributed by atoms with E-state index in [0.29, 0.717) is 0 Å². The van der Waals surface area contributed by atoms with Crippen molar-refractivity contribution in [1.82, 2.24) is 0 Å². The Morgan fingerprint density at radius 3 is 2.35 bits per heavy atom.